The second-order valence-corrected chi connectivity index (χ2v) is 7.69. The predicted octanol–water partition coefficient (Wildman–Crippen LogP) is 1.61. The molecule has 2 heterocycles. The lowest BCUT2D eigenvalue weighted by molar-refractivity contribution is -0.0611. The Morgan fingerprint density at radius 1 is 1.48 bits per heavy atom. The summed E-state index contributed by atoms with van der Waals surface area (Å²) in [7, 11) is -3.29. The zero-order chi connectivity index (χ0) is 16.9. The number of nitrogens with two attached hydrogens (primary N) is 1. The van der Waals surface area contributed by atoms with Crippen LogP contribution in [0.15, 0.2) is 17.1 Å². The van der Waals surface area contributed by atoms with Crippen LogP contribution in [0, 0.1) is 0 Å². The van der Waals surface area contributed by atoms with Crippen molar-refractivity contribution >= 4 is 25.2 Å². The standard InChI is InChI=1S/C12H20N3O6PS/c1-3-20-22(17,21-4-2)8-19-12-18-7-10(23-12)15-6-5-9(13)14-11(15)16/h5-6,10,12H,3-4,7-8H2,1-2H3,(H2,13,14,16). The van der Waals surface area contributed by atoms with Crippen LogP contribution < -0.4 is 11.4 Å². The first-order chi connectivity index (χ1) is 11.0. The summed E-state index contributed by atoms with van der Waals surface area (Å²) in [4.78, 5) is 15.5. The van der Waals surface area contributed by atoms with Crippen molar-refractivity contribution in [2.75, 3.05) is 31.9 Å². The quantitative estimate of drug-likeness (QED) is 0.686. The Hall–Kier alpha value is -0.900. The van der Waals surface area contributed by atoms with Crippen molar-refractivity contribution in [3.63, 3.8) is 0 Å². The molecule has 9 nitrogen and oxygen atoms in total. The fourth-order valence-electron chi connectivity index (χ4n) is 1.90. The van der Waals surface area contributed by atoms with E-state index in [9.17, 15) is 9.36 Å². The molecular formula is C12H20N3O6PS. The third kappa shape index (κ3) is 5.03. The van der Waals surface area contributed by atoms with E-state index in [2.05, 4.69) is 4.98 Å². The Morgan fingerprint density at radius 2 is 2.17 bits per heavy atom. The Balaban J connectivity index is 1.92. The lowest BCUT2D eigenvalue weighted by Crippen LogP contribution is -2.26. The summed E-state index contributed by atoms with van der Waals surface area (Å²) in [5.74, 6) is 0.164. The van der Waals surface area contributed by atoms with Crippen molar-refractivity contribution in [1.82, 2.24) is 9.55 Å². The third-order valence-electron chi connectivity index (χ3n) is 2.83. The molecular weight excluding hydrogens is 345 g/mol. The van der Waals surface area contributed by atoms with Crippen LogP contribution in [0.2, 0.25) is 0 Å². The summed E-state index contributed by atoms with van der Waals surface area (Å²) in [6.07, 6.45) is 1.34. The zero-order valence-electron chi connectivity index (χ0n) is 12.9. The molecule has 2 atom stereocenters. The highest BCUT2D eigenvalue weighted by Crippen LogP contribution is 2.49. The van der Waals surface area contributed by atoms with Crippen LogP contribution in [0.4, 0.5) is 5.82 Å². The number of anilines is 1. The monoisotopic (exact) mass is 365 g/mol. The molecule has 1 fully saturated rings. The van der Waals surface area contributed by atoms with E-state index >= 15 is 0 Å². The van der Waals surface area contributed by atoms with Crippen LogP contribution in [-0.4, -0.2) is 41.3 Å². The minimum atomic E-state index is -3.29. The van der Waals surface area contributed by atoms with E-state index < -0.39 is 18.9 Å². The van der Waals surface area contributed by atoms with Crippen molar-refractivity contribution in [2.24, 2.45) is 0 Å². The Bertz CT molecular complexity index is 617. The number of rotatable bonds is 8. The van der Waals surface area contributed by atoms with E-state index in [1.807, 2.05) is 0 Å². The minimum absolute atomic E-state index is 0.164. The van der Waals surface area contributed by atoms with Crippen LogP contribution >= 0.6 is 19.4 Å². The Labute approximate surface area is 138 Å². The summed E-state index contributed by atoms with van der Waals surface area (Å²) in [5.41, 5.74) is 4.33. The first-order valence-corrected chi connectivity index (χ1v) is 9.76. The van der Waals surface area contributed by atoms with Gasteiger partial charge in [0.1, 0.15) is 11.2 Å². The van der Waals surface area contributed by atoms with Gasteiger partial charge in [-0.2, -0.15) is 4.98 Å². The maximum atomic E-state index is 12.3. The molecule has 23 heavy (non-hydrogen) atoms. The Kier molecular flexibility index (Phi) is 6.63. The van der Waals surface area contributed by atoms with Crippen LogP contribution in [0.3, 0.4) is 0 Å². The molecule has 0 radical (unpaired) electrons. The summed E-state index contributed by atoms with van der Waals surface area (Å²) < 4.78 is 34.9. The normalized spacial score (nSPS) is 21.7. The van der Waals surface area contributed by atoms with Crippen molar-refractivity contribution in [2.45, 2.75) is 24.8 Å². The summed E-state index contributed by atoms with van der Waals surface area (Å²) in [6, 6.07) is 1.54. The molecule has 11 heteroatoms. The van der Waals surface area contributed by atoms with Gasteiger partial charge < -0.3 is 24.3 Å². The molecule has 1 aromatic heterocycles. The van der Waals surface area contributed by atoms with Gasteiger partial charge in [-0.1, -0.05) is 11.8 Å². The lowest BCUT2D eigenvalue weighted by Gasteiger charge is -2.18. The summed E-state index contributed by atoms with van der Waals surface area (Å²) in [6.45, 7) is 4.23. The number of hydrogen-bond donors (Lipinski definition) is 1. The molecule has 130 valence electrons. The van der Waals surface area contributed by atoms with Crippen molar-refractivity contribution in [3.8, 4) is 0 Å². The molecule has 1 saturated heterocycles. The van der Waals surface area contributed by atoms with Crippen molar-refractivity contribution in [1.29, 1.82) is 0 Å². The zero-order valence-corrected chi connectivity index (χ0v) is 14.6. The van der Waals surface area contributed by atoms with E-state index in [0.29, 0.717) is 0 Å². The molecule has 0 saturated carbocycles. The lowest BCUT2D eigenvalue weighted by atomic mass is 10.5. The van der Waals surface area contributed by atoms with Gasteiger partial charge in [-0.3, -0.25) is 9.13 Å². The largest absolute Gasteiger partial charge is 0.383 e. The first kappa shape index (κ1) is 18.4. The van der Waals surface area contributed by atoms with E-state index in [-0.39, 0.29) is 37.4 Å². The molecule has 1 aromatic rings. The summed E-state index contributed by atoms with van der Waals surface area (Å²) in [5, 5.41) is -0.292. The number of hydrogen-bond acceptors (Lipinski definition) is 9. The fourth-order valence-corrected chi connectivity index (χ4v) is 4.34. The predicted molar refractivity (Wildman–Crippen MR) is 86.1 cm³/mol. The van der Waals surface area contributed by atoms with Gasteiger partial charge in [0.15, 0.2) is 6.35 Å². The van der Waals surface area contributed by atoms with Gasteiger partial charge in [-0.25, -0.2) is 4.79 Å². The molecule has 0 aliphatic carbocycles. The van der Waals surface area contributed by atoms with E-state index in [1.165, 1.54) is 22.4 Å². The molecule has 1 aliphatic heterocycles. The van der Waals surface area contributed by atoms with Crippen molar-refractivity contribution in [3.05, 3.63) is 22.7 Å². The van der Waals surface area contributed by atoms with Gasteiger partial charge in [0.2, 0.25) is 5.62 Å². The van der Waals surface area contributed by atoms with E-state index in [4.69, 9.17) is 24.3 Å². The number of ether oxygens (including phenoxy) is 2. The smallest absolute Gasteiger partial charge is 0.356 e. The molecule has 0 spiro atoms. The number of thioether (sulfide) groups is 1. The fraction of sp³-hybridized carbons (Fsp3) is 0.667. The average Bonchev–Trinajstić information content (AvgIpc) is 2.94. The van der Waals surface area contributed by atoms with Gasteiger partial charge in [-0.15, -0.1) is 0 Å². The van der Waals surface area contributed by atoms with Gasteiger partial charge in [0, 0.05) is 6.20 Å². The highest BCUT2D eigenvalue weighted by Gasteiger charge is 2.32. The number of aromatic nitrogens is 2. The van der Waals surface area contributed by atoms with Crippen LogP contribution in [0.1, 0.15) is 19.2 Å². The molecule has 0 bridgehead atoms. The first-order valence-electron chi connectivity index (χ1n) is 7.09. The Morgan fingerprint density at radius 3 is 2.78 bits per heavy atom. The molecule has 2 unspecified atom stereocenters. The van der Waals surface area contributed by atoms with Gasteiger partial charge in [-0.05, 0) is 19.9 Å². The van der Waals surface area contributed by atoms with E-state index in [0.717, 1.165) is 0 Å². The molecule has 1 aliphatic rings. The van der Waals surface area contributed by atoms with Gasteiger partial charge in [0.25, 0.3) is 0 Å². The molecule has 2 rings (SSSR count). The molecule has 0 amide bonds. The van der Waals surface area contributed by atoms with Crippen LogP contribution in [-0.2, 0) is 23.1 Å². The van der Waals surface area contributed by atoms with Crippen molar-refractivity contribution < 1.29 is 23.1 Å². The van der Waals surface area contributed by atoms with Crippen LogP contribution in [0.5, 0.6) is 0 Å². The number of nitrogens with zero attached hydrogens (tertiary/aromatic N) is 2. The highest BCUT2D eigenvalue weighted by molar-refractivity contribution is 7.99. The average molecular weight is 365 g/mol. The van der Waals surface area contributed by atoms with E-state index in [1.54, 1.807) is 20.0 Å². The topological polar surface area (TPSA) is 115 Å². The number of nitrogen functional groups attached to an aromatic ring is 1. The van der Waals surface area contributed by atoms with Gasteiger partial charge >= 0.3 is 13.3 Å². The van der Waals surface area contributed by atoms with Crippen LogP contribution in [0.25, 0.3) is 0 Å². The second-order valence-electron chi connectivity index (χ2n) is 4.50. The second kappa shape index (κ2) is 8.27. The highest BCUT2D eigenvalue weighted by atomic mass is 32.2. The third-order valence-corrected chi connectivity index (χ3v) is 5.77. The summed E-state index contributed by atoms with van der Waals surface area (Å²) >= 11 is 1.27. The molecule has 0 aromatic carbocycles. The maximum Gasteiger partial charge on any atom is 0.356 e. The molecule has 2 N–H and O–H groups in total. The minimum Gasteiger partial charge on any atom is -0.383 e. The SMILES string of the molecule is CCOP(=O)(COC1OCC(n2ccc(N)nc2=O)S1)OCC. The van der Waals surface area contributed by atoms with Gasteiger partial charge in [0.05, 0.1) is 19.8 Å². The maximum absolute atomic E-state index is 12.3.